The lowest BCUT2D eigenvalue weighted by Crippen LogP contribution is -2.56. The maximum atomic E-state index is 14.3. The molecule has 3 amide bonds. The van der Waals surface area contributed by atoms with Crippen LogP contribution in [0.25, 0.3) is 0 Å². The van der Waals surface area contributed by atoms with E-state index in [0.29, 0.717) is 22.7 Å². The molecule has 2 aromatic rings. The third-order valence-electron chi connectivity index (χ3n) is 6.65. The topological polar surface area (TPSA) is 87.7 Å². The minimum atomic E-state index is -0.968. The molecular formula is C31H44ClN3O4. The summed E-state index contributed by atoms with van der Waals surface area (Å²) >= 11 is 6.46. The van der Waals surface area contributed by atoms with Gasteiger partial charge in [0.2, 0.25) is 5.91 Å². The molecule has 39 heavy (non-hydrogen) atoms. The Morgan fingerprint density at radius 2 is 1.64 bits per heavy atom. The van der Waals surface area contributed by atoms with Crippen molar-refractivity contribution in [1.82, 2.24) is 10.2 Å². The molecule has 0 spiro atoms. The summed E-state index contributed by atoms with van der Waals surface area (Å²) in [5, 5.41) is 6.18. The van der Waals surface area contributed by atoms with Gasteiger partial charge >= 0.3 is 6.09 Å². The Bertz CT molecular complexity index is 1170. The lowest BCUT2D eigenvalue weighted by molar-refractivity contribution is -0.144. The maximum Gasteiger partial charge on any atom is 0.408 e. The first-order valence-corrected chi connectivity index (χ1v) is 13.9. The summed E-state index contributed by atoms with van der Waals surface area (Å²) < 4.78 is 5.45. The lowest BCUT2D eigenvalue weighted by atomic mass is 9.93. The molecule has 214 valence electrons. The number of ether oxygens (including phenoxy) is 1. The van der Waals surface area contributed by atoms with Crippen LogP contribution in [-0.2, 0) is 14.3 Å². The minimum Gasteiger partial charge on any atom is -0.444 e. The van der Waals surface area contributed by atoms with E-state index in [2.05, 4.69) is 10.6 Å². The van der Waals surface area contributed by atoms with Crippen molar-refractivity contribution < 1.29 is 19.1 Å². The van der Waals surface area contributed by atoms with Crippen molar-refractivity contribution in [3.8, 4) is 0 Å². The van der Waals surface area contributed by atoms with Crippen LogP contribution in [0.5, 0.6) is 0 Å². The van der Waals surface area contributed by atoms with Crippen LogP contribution in [-0.4, -0.2) is 40.5 Å². The lowest BCUT2D eigenvalue weighted by Gasteiger charge is -2.39. The highest BCUT2D eigenvalue weighted by Crippen LogP contribution is 2.33. The van der Waals surface area contributed by atoms with Crippen LogP contribution in [0.4, 0.5) is 10.5 Å². The number of nitrogens with one attached hydrogen (secondary N) is 2. The maximum absolute atomic E-state index is 14.3. The standard InChI is InChI=1S/C31H44ClN3O4/c1-11-22(7)35(29(37)25(18(2)3)34-30(38)39-31(8,9)10)27(23-17-19(4)15-16-20(23)5)28(36)33-26-21(6)13-12-14-24(26)32/h12-18,22,25,27H,11H2,1-10H3,(H,33,36)(H,34,38). The van der Waals surface area contributed by atoms with Gasteiger partial charge < -0.3 is 20.3 Å². The number of carbonyl (C=O) groups is 3. The zero-order valence-corrected chi connectivity index (χ0v) is 25.7. The van der Waals surface area contributed by atoms with Gasteiger partial charge in [0.1, 0.15) is 17.7 Å². The van der Waals surface area contributed by atoms with Crippen LogP contribution >= 0.6 is 11.6 Å². The van der Waals surface area contributed by atoms with Crippen LogP contribution in [0, 0.1) is 26.7 Å². The fraction of sp³-hybridized carbons (Fsp3) is 0.516. The summed E-state index contributed by atoms with van der Waals surface area (Å²) in [4.78, 5) is 42.8. The number of hydrogen-bond acceptors (Lipinski definition) is 4. The number of halogens is 1. The monoisotopic (exact) mass is 557 g/mol. The Morgan fingerprint density at radius 3 is 2.18 bits per heavy atom. The Balaban J connectivity index is 2.66. The smallest absolute Gasteiger partial charge is 0.408 e. The molecule has 3 unspecified atom stereocenters. The predicted octanol–water partition coefficient (Wildman–Crippen LogP) is 7.12. The molecule has 2 aromatic carbocycles. The second-order valence-corrected chi connectivity index (χ2v) is 12.0. The Labute approximate surface area is 238 Å². The van der Waals surface area contributed by atoms with Gasteiger partial charge in [-0.1, -0.05) is 68.3 Å². The van der Waals surface area contributed by atoms with Gasteiger partial charge in [0, 0.05) is 6.04 Å². The highest BCUT2D eigenvalue weighted by Gasteiger charge is 2.40. The highest BCUT2D eigenvalue weighted by atomic mass is 35.5. The second kappa shape index (κ2) is 13.3. The van der Waals surface area contributed by atoms with E-state index < -0.39 is 23.8 Å². The molecule has 0 radical (unpaired) electrons. The third-order valence-corrected chi connectivity index (χ3v) is 6.97. The van der Waals surface area contributed by atoms with Crippen molar-refractivity contribution >= 4 is 35.2 Å². The van der Waals surface area contributed by atoms with E-state index in [9.17, 15) is 14.4 Å². The number of para-hydroxylation sites is 1. The molecular weight excluding hydrogens is 514 g/mol. The fourth-order valence-corrected chi connectivity index (χ4v) is 4.63. The van der Waals surface area contributed by atoms with E-state index in [1.54, 1.807) is 31.7 Å². The van der Waals surface area contributed by atoms with Crippen LogP contribution in [0.3, 0.4) is 0 Å². The Morgan fingerprint density at radius 1 is 1.00 bits per heavy atom. The Kier molecular flexibility index (Phi) is 11.0. The molecule has 0 heterocycles. The third kappa shape index (κ3) is 8.46. The van der Waals surface area contributed by atoms with Crippen LogP contribution in [0.2, 0.25) is 5.02 Å². The van der Waals surface area contributed by atoms with Crippen LogP contribution in [0.1, 0.15) is 83.2 Å². The fourth-order valence-electron chi connectivity index (χ4n) is 4.36. The zero-order valence-electron chi connectivity index (χ0n) is 24.9. The first-order chi connectivity index (χ1) is 18.1. The van der Waals surface area contributed by atoms with Gasteiger partial charge in [0.25, 0.3) is 5.91 Å². The summed E-state index contributed by atoms with van der Waals surface area (Å²) in [5.41, 5.74) is 3.14. The van der Waals surface area contributed by atoms with Gasteiger partial charge in [-0.05, 0) is 83.6 Å². The minimum absolute atomic E-state index is 0.260. The first-order valence-electron chi connectivity index (χ1n) is 13.5. The molecule has 0 aliphatic heterocycles. The van der Waals surface area contributed by atoms with Crippen molar-refractivity contribution in [1.29, 1.82) is 0 Å². The molecule has 7 nitrogen and oxygen atoms in total. The summed E-state index contributed by atoms with van der Waals surface area (Å²) in [6, 6.07) is 9.07. The van der Waals surface area contributed by atoms with E-state index in [-0.39, 0.29) is 23.8 Å². The largest absolute Gasteiger partial charge is 0.444 e. The van der Waals surface area contributed by atoms with Crippen molar-refractivity contribution in [2.45, 2.75) is 99.4 Å². The van der Waals surface area contributed by atoms with Crippen molar-refractivity contribution in [3.63, 3.8) is 0 Å². The van der Waals surface area contributed by atoms with E-state index in [1.165, 1.54) is 0 Å². The van der Waals surface area contributed by atoms with Gasteiger partial charge in [-0.15, -0.1) is 0 Å². The zero-order chi connectivity index (χ0) is 29.7. The van der Waals surface area contributed by atoms with Crippen molar-refractivity contribution in [2.24, 2.45) is 5.92 Å². The molecule has 0 saturated carbocycles. The van der Waals surface area contributed by atoms with Gasteiger partial charge in [-0.25, -0.2) is 4.79 Å². The molecule has 3 atom stereocenters. The quantitative estimate of drug-likeness (QED) is 0.343. The molecule has 0 aliphatic rings. The average Bonchev–Trinajstić information content (AvgIpc) is 2.82. The summed E-state index contributed by atoms with van der Waals surface area (Å²) in [7, 11) is 0. The number of alkyl carbamates (subject to hydrolysis) is 1. The van der Waals surface area contributed by atoms with Crippen molar-refractivity contribution in [2.75, 3.05) is 5.32 Å². The number of carbonyl (C=O) groups excluding carboxylic acids is 3. The van der Waals surface area contributed by atoms with Crippen LogP contribution in [0.15, 0.2) is 36.4 Å². The second-order valence-electron chi connectivity index (χ2n) is 11.6. The summed E-state index contributed by atoms with van der Waals surface area (Å²) in [6.45, 7) is 18.6. The number of hydrogen-bond donors (Lipinski definition) is 2. The number of amides is 3. The van der Waals surface area contributed by atoms with Gasteiger partial charge in [-0.2, -0.15) is 0 Å². The van der Waals surface area contributed by atoms with E-state index in [0.717, 1.165) is 16.7 Å². The molecule has 2 rings (SSSR count). The molecule has 0 aliphatic carbocycles. The summed E-state index contributed by atoms with van der Waals surface area (Å²) in [6.07, 6.45) is -0.0824. The average molecular weight is 558 g/mol. The first kappa shape index (κ1) is 32.2. The Hall–Kier alpha value is -3.06. The van der Waals surface area contributed by atoms with E-state index >= 15 is 0 Å². The normalized spacial score (nSPS) is 13.8. The van der Waals surface area contributed by atoms with Gasteiger partial charge in [0.05, 0.1) is 10.7 Å². The summed E-state index contributed by atoms with van der Waals surface area (Å²) in [5.74, 6) is -1.000. The SMILES string of the molecule is CCC(C)N(C(=O)C(NC(=O)OC(C)(C)C)C(C)C)C(C(=O)Nc1c(C)cccc1Cl)c1cc(C)ccc1C. The number of rotatable bonds is 9. The molecule has 8 heteroatoms. The molecule has 0 fully saturated rings. The number of benzene rings is 2. The number of aryl methyl sites for hydroxylation is 3. The number of nitrogens with zero attached hydrogens (tertiary/aromatic N) is 1. The van der Waals surface area contributed by atoms with Gasteiger partial charge in [0.15, 0.2) is 0 Å². The van der Waals surface area contributed by atoms with E-state index in [1.807, 2.05) is 78.8 Å². The molecule has 0 saturated heterocycles. The highest BCUT2D eigenvalue weighted by molar-refractivity contribution is 6.34. The van der Waals surface area contributed by atoms with Crippen molar-refractivity contribution in [3.05, 3.63) is 63.7 Å². The number of anilines is 1. The van der Waals surface area contributed by atoms with Crippen LogP contribution < -0.4 is 10.6 Å². The predicted molar refractivity (Wildman–Crippen MR) is 158 cm³/mol. The molecule has 0 bridgehead atoms. The van der Waals surface area contributed by atoms with Gasteiger partial charge in [-0.3, -0.25) is 9.59 Å². The molecule has 0 aromatic heterocycles. The van der Waals surface area contributed by atoms with E-state index in [4.69, 9.17) is 16.3 Å². The molecule has 2 N–H and O–H groups in total.